The molecule has 0 aromatic rings. The maximum absolute atomic E-state index is 11.3. The Morgan fingerprint density at radius 3 is 2.31 bits per heavy atom. The third-order valence-corrected chi connectivity index (χ3v) is 3.50. The molecule has 0 aromatic carbocycles. The van der Waals surface area contributed by atoms with Gasteiger partial charge in [0.1, 0.15) is 0 Å². The molecule has 0 spiro atoms. The molecule has 4 heteroatoms. The molecule has 1 aliphatic rings. The molecule has 0 radical (unpaired) electrons. The van der Waals surface area contributed by atoms with Crippen LogP contribution in [0.5, 0.6) is 0 Å². The number of ether oxygens (including phenoxy) is 1. The second-order valence-electron chi connectivity index (χ2n) is 4.87. The molecular weight excluding hydrogens is 206 g/mol. The number of hydrogen-bond donors (Lipinski definition) is 2. The zero-order chi connectivity index (χ0) is 12.1. The summed E-state index contributed by atoms with van der Waals surface area (Å²) in [6.45, 7) is 5.46. The van der Waals surface area contributed by atoms with E-state index in [1.807, 2.05) is 20.9 Å². The van der Waals surface area contributed by atoms with Gasteiger partial charge in [0.25, 0.3) is 0 Å². The molecule has 2 unspecified atom stereocenters. The van der Waals surface area contributed by atoms with Crippen LogP contribution in [-0.2, 0) is 9.53 Å². The van der Waals surface area contributed by atoms with Gasteiger partial charge in [-0.2, -0.15) is 0 Å². The number of carboxylic acid groups (broad SMARTS) is 1. The third-order valence-electron chi connectivity index (χ3n) is 3.50. The predicted molar refractivity (Wildman–Crippen MR) is 62.4 cm³/mol. The average molecular weight is 229 g/mol. The highest BCUT2D eigenvalue weighted by atomic mass is 16.5. The maximum atomic E-state index is 11.3. The lowest BCUT2D eigenvalue weighted by molar-refractivity contribution is -0.145. The number of carbonyl (C=O) groups is 1. The van der Waals surface area contributed by atoms with Crippen molar-refractivity contribution in [3.05, 3.63) is 0 Å². The van der Waals surface area contributed by atoms with Gasteiger partial charge >= 0.3 is 5.97 Å². The van der Waals surface area contributed by atoms with Gasteiger partial charge in [-0.3, -0.25) is 4.79 Å². The molecule has 1 fully saturated rings. The van der Waals surface area contributed by atoms with Crippen LogP contribution in [0.2, 0.25) is 0 Å². The van der Waals surface area contributed by atoms with E-state index in [2.05, 4.69) is 5.32 Å². The number of rotatable bonds is 5. The zero-order valence-electron chi connectivity index (χ0n) is 10.4. The van der Waals surface area contributed by atoms with E-state index < -0.39 is 5.97 Å². The van der Waals surface area contributed by atoms with Crippen LogP contribution >= 0.6 is 0 Å². The Morgan fingerprint density at radius 2 is 1.94 bits per heavy atom. The normalized spacial score (nSPS) is 22.0. The topological polar surface area (TPSA) is 58.6 Å². The molecule has 0 amide bonds. The summed E-state index contributed by atoms with van der Waals surface area (Å²) in [5.74, 6) is -0.436. The van der Waals surface area contributed by atoms with Crippen molar-refractivity contribution >= 4 is 5.97 Å². The van der Waals surface area contributed by atoms with E-state index in [1.165, 1.54) is 0 Å². The molecular formula is C12H23NO3. The fourth-order valence-electron chi connectivity index (χ4n) is 2.64. The molecule has 0 saturated carbocycles. The standard InChI is InChI=1S/C12H23NO3/c1-8(2)10(12(14)15)11(13-3)9-4-6-16-7-5-9/h8-11,13H,4-7H2,1-3H3,(H,14,15). The largest absolute Gasteiger partial charge is 0.481 e. The number of carboxylic acids is 1. The predicted octanol–water partition coefficient (Wildman–Crippen LogP) is 1.36. The van der Waals surface area contributed by atoms with E-state index in [-0.39, 0.29) is 17.9 Å². The third kappa shape index (κ3) is 3.19. The number of hydrogen-bond acceptors (Lipinski definition) is 3. The number of nitrogens with one attached hydrogen (secondary N) is 1. The van der Waals surface area contributed by atoms with Crippen LogP contribution in [0.4, 0.5) is 0 Å². The van der Waals surface area contributed by atoms with E-state index in [0.717, 1.165) is 26.1 Å². The molecule has 1 heterocycles. The van der Waals surface area contributed by atoms with Crippen LogP contribution in [0.1, 0.15) is 26.7 Å². The second-order valence-corrected chi connectivity index (χ2v) is 4.87. The lowest BCUT2D eigenvalue weighted by atomic mass is 9.78. The first-order chi connectivity index (χ1) is 7.57. The summed E-state index contributed by atoms with van der Waals surface area (Å²) in [6.07, 6.45) is 1.92. The Morgan fingerprint density at radius 1 is 1.38 bits per heavy atom. The van der Waals surface area contributed by atoms with Gasteiger partial charge in [0, 0.05) is 19.3 Å². The summed E-state index contributed by atoms with van der Waals surface area (Å²) >= 11 is 0. The maximum Gasteiger partial charge on any atom is 0.308 e. The molecule has 2 atom stereocenters. The van der Waals surface area contributed by atoms with Crippen molar-refractivity contribution in [2.45, 2.75) is 32.7 Å². The minimum atomic E-state index is -0.694. The van der Waals surface area contributed by atoms with Crippen LogP contribution in [-0.4, -0.2) is 37.4 Å². The van der Waals surface area contributed by atoms with Crippen LogP contribution < -0.4 is 5.32 Å². The van der Waals surface area contributed by atoms with E-state index in [0.29, 0.717) is 5.92 Å². The van der Waals surface area contributed by atoms with Gasteiger partial charge in [-0.1, -0.05) is 13.8 Å². The monoisotopic (exact) mass is 229 g/mol. The fourth-order valence-corrected chi connectivity index (χ4v) is 2.64. The van der Waals surface area contributed by atoms with Crippen molar-refractivity contribution in [3.8, 4) is 0 Å². The van der Waals surface area contributed by atoms with Gasteiger partial charge in [0.15, 0.2) is 0 Å². The van der Waals surface area contributed by atoms with E-state index in [4.69, 9.17) is 4.74 Å². The van der Waals surface area contributed by atoms with Crippen LogP contribution in [0.25, 0.3) is 0 Å². The molecule has 0 aliphatic carbocycles. The Bertz CT molecular complexity index is 224. The highest BCUT2D eigenvalue weighted by molar-refractivity contribution is 5.71. The summed E-state index contributed by atoms with van der Waals surface area (Å²) < 4.78 is 5.32. The van der Waals surface area contributed by atoms with E-state index in [9.17, 15) is 9.90 Å². The molecule has 0 bridgehead atoms. The highest BCUT2D eigenvalue weighted by Gasteiger charge is 2.35. The van der Waals surface area contributed by atoms with Crippen molar-refractivity contribution < 1.29 is 14.6 Å². The summed E-state index contributed by atoms with van der Waals surface area (Å²) in [5.41, 5.74) is 0. The van der Waals surface area contributed by atoms with Gasteiger partial charge in [0.2, 0.25) is 0 Å². The van der Waals surface area contributed by atoms with Gasteiger partial charge in [0.05, 0.1) is 5.92 Å². The Hall–Kier alpha value is -0.610. The molecule has 16 heavy (non-hydrogen) atoms. The fraction of sp³-hybridized carbons (Fsp3) is 0.917. The van der Waals surface area contributed by atoms with Crippen molar-refractivity contribution in [2.75, 3.05) is 20.3 Å². The second kappa shape index (κ2) is 6.21. The first-order valence-corrected chi connectivity index (χ1v) is 6.05. The van der Waals surface area contributed by atoms with Crippen molar-refractivity contribution in [1.82, 2.24) is 5.32 Å². The minimum Gasteiger partial charge on any atom is -0.481 e. The van der Waals surface area contributed by atoms with Gasteiger partial charge in [-0.25, -0.2) is 0 Å². The first-order valence-electron chi connectivity index (χ1n) is 6.05. The van der Waals surface area contributed by atoms with Crippen LogP contribution in [0.15, 0.2) is 0 Å². The first kappa shape index (κ1) is 13.5. The molecule has 2 N–H and O–H groups in total. The Labute approximate surface area is 97.4 Å². The molecule has 0 aromatic heterocycles. The number of aliphatic carboxylic acids is 1. The lowest BCUT2D eigenvalue weighted by Crippen LogP contribution is -2.47. The van der Waals surface area contributed by atoms with Crippen LogP contribution in [0, 0.1) is 17.8 Å². The zero-order valence-corrected chi connectivity index (χ0v) is 10.4. The minimum absolute atomic E-state index is 0.0569. The SMILES string of the molecule is CNC(C1CCOCC1)C(C(=O)O)C(C)C. The van der Waals surface area contributed by atoms with E-state index in [1.54, 1.807) is 0 Å². The smallest absolute Gasteiger partial charge is 0.308 e. The lowest BCUT2D eigenvalue weighted by Gasteiger charge is -2.35. The summed E-state index contributed by atoms with van der Waals surface area (Å²) in [7, 11) is 1.86. The highest BCUT2D eigenvalue weighted by Crippen LogP contribution is 2.27. The van der Waals surface area contributed by atoms with Crippen molar-refractivity contribution in [2.24, 2.45) is 17.8 Å². The molecule has 4 nitrogen and oxygen atoms in total. The Balaban J connectivity index is 2.72. The summed E-state index contributed by atoms with van der Waals surface area (Å²) in [4.78, 5) is 11.3. The van der Waals surface area contributed by atoms with Gasteiger partial charge in [-0.05, 0) is 31.7 Å². The summed E-state index contributed by atoms with van der Waals surface area (Å²) in [5, 5.41) is 12.5. The average Bonchev–Trinajstić information content (AvgIpc) is 2.25. The quantitative estimate of drug-likeness (QED) is 0.747. The molecule has 94 valence electrons. The van der Waals surface area contributed by atoms with Crippen molar-refractivity contribution in [1.29, 1.82) is 0 Å². The Kier molecular flexibility index (Phi) is 5.22. The van der Waals surface area contributed by atoms with Crippen molar-refractivity contribution in [3.63, 3.8) is 0 Å². The van der Waals surface area contributed by atoms with Gasteiger partial charge in [-0.15, -0.1) is 0 Å². The molecule has 1 aliphatic heterocycles. The van der Waals surface area contributed by atoms with E-state index >= 15 is 0 Å². The molecule has 1 saturated heterocycles. The van der Waals surface area contributed by atoms with Crippen LogP contribution in [0.3, 0.4) is 0 Å². The van der Waals surface area contributed by atoms with Gasteiger partial charge < -0.3 is 15.2 Å². The molecule has 1 rings (SSSR count). The summed E-state index contributed by atoms with van der Waals surface area (Å²) in [6, 6.07) is 0.0569.